The topological polar surface area (TPSA) is 74.8 Å². The van der Waals surface area contributed by atoms with Crippen molar-refractivity contribution < 1.29 is 14.0 Å². The molecule has 0 unspecified atom stereocenters. The molecule has 6 heteroatoms. The third kappa shape index (κ3) is 3.38. The SMILES string of the molecule is CC(=O)c1cccc(NC(=O)c2cc(-c3ccc(F)cc3)n[nH]2)c1. The number of H-pyrrole nitrogens is 1. The van der Waals surface area contributed by atoms with Crippen LogP contribution in [0.3, 0.4) is 0 Å². The van der Waals surface area contributed by atoms with Crippen LogP contribution in [0.5, 0.6) is 0 Å². The summed E-state index contributed by atoms with van der Waals surface area (Å²) in [6.07, 6.45) is 0. The molecule has 0 spiro atoms. The predicted molar refractivity (Wildman–Crippen MR) is 88.4 cm³/mol. The van der Waals surface area contributed by atoms with Crippen LogP contribution in [-0.2, 0) is 0 Å². The van der Waals surface area contributed by atoms with E-state index in [1.54, 1.807) is 42.5 Å². The Labute approximate surface area is 137 Å². The predicted octanol–water partition coefficient (Wildman–Crippen LogP) is 3.67. The fraction of sp³-hybridized carbons (Fsp3) is 0.0556. The number of hydrogen-bond acceptors (Lipinski definition) is 3. The molecular formula is C18H14FN3O2. The van der Waals surface area contributed by atoms with E-state index >= 15 is 0 Å². The van der Waals surface area contributed by atoms with Crippen molar-refractivity contribution in [3.8, 4) is 11.3 Å². The summed E-state index contributed by atoms with van der Waals surface area (Å²) < 4.78 is 13.0. The lowest BCUT2D eigenvalue weighted by Gasteiger charge is -2.04. The van der Waals surface area contributed by atoms with Crippen LogP contribution in [0, 0.1) is 5.82 Å². The second-order valence-corrected chi connectivity index (χ2v) is 5.26. The molecule has 2 N–H and O–H groups in total. The van der Waals surface area contributed by atoms with Crippen LogP contribution in [0.1, 0.15) is 27.8 Å². The molecule has 0 saturated heterocycles. The number of halogens is 1. The van der Waals surface area contributed by atoms with Crippen molar-refractivity contribution in [2.24, 2.45) is 0 Å². The van der Waals surface area contributed by atoms with Crippen LogP contribution < -0.4 is 5.32 Å². The summed E-state index contributed by atoms with van der Waals surface area (Å²) in [6, 6.07) is 14.1. The van der Waals surface area contributed by atoms with Crippen LogP contribution in [0.2, 0.25) is 0 Å². The maximum absolute atomic E-state index is 13.0. The summed E-state index contributed by atoms with van der Waals surface area (Å²) >= 11 is 0. The fourth-order valence-electron chi connectivity index (χ4n) is 2.22. The monoisotopic (exact) mass is 323 g/mol. The zero-order valence-corrected chi connectivity index (χ0v) is 12.8. The summed E-state index contributed by atoms with van der Waals surface area (Å²) in [5.41, 5.74) is 2.54. The largest absolute Gasteiger partial charge is 0.321 e. The van der Waals surface area contributed by atoms with Crippen molar-refractivity contribution in [3.63, 3.8) is 0 Å². The fourth-order valence-corrected chi connectivity index (χ4v) is 2.22. The summed E-state index contributed by atoms with van der Waals surface area (Å²) in [4.78, 5) is 23.6. The van der Waals surface area contributed by atoms with Crippen LogP contribution in [0.15, 0.2) is 54.6 Å². The molecule has 0 aliphatic heterocycles. The zero-order valence-electron chi connectivity index (χ0n) is 12.8. The van der Waals surface area contributed by atoms with Gasteiger partial charge in [0.1, 0.15) is 11.5 Å². The molecule has 0 aliphatic carbocycles. The van der Waals surface area contributed by atoms with Gasteiger partial charge in [-0.1, -0.05) is 12.1 Å². The van der Waals surface area contributed by atoms with E-state index in [0.29, 0.717) is 22.5 Å². The third-order valence-corrected chi connectivity index (χ3v) is 3.49. The molecule has 0 radical (unpaired) electrons. The highest BCUT2D eigenvalue weighted by molar-refractivity contribution is 6.04. The number of benzene rings is 2. The number of aromatic nitrogens is 2. The molecular weight excluding hydrogens is 309 g/mol. The zero-order chi connectivity index (χ0) is 17.1. The number of ketones is 1. The first-order valence-corrected chi connectivity index (χ1v) is 7.26. The van der Waals surface area contributed by atoms with E-state index in [2.05, 4.69) is 15.5 Å². The maximum Gasteiger partial charge on any atom is 0.273 e. The van der Waals surface area contributed by atoms with E-state index in [1.165, 1.54) is 19.1 Å². The van der Waals surface area contributed by atoms with Gasteiger partial charge in [0.25, 0.3) is 5.91 Å². The molecule has 24 heavy (non-hydrogen) atoms. The van der Waals surface area contributed by atoms with Crippen LogP contribution in [0.4, 0.5) is 10.1 Å². The number of rotatable bonds is 4. The van der Waals surface area contributed by atoms with Gasteiger partial charge in [-0.2, -0.15) is 5.10 Å². The first-order chi connectivity index (χ1) is 11.5. The number of nitrogens with zero attached hydrogens (tertiary/aromatic N) is 1. The van der Waals surface area contributed by atoms with Gasteiger partial charge in [0.2, 0.25) is 0 Å². The number of anilines is 1. The lowest BCUT2D eigenvalue weighted by molar-refractivity contribution is 0.100. The molecule has 0 bridgehead atoms. The van der Waals surface area contributed by atoms with Crippen molar-refractivity contribution in [2.45, 2.75) is 6.92 Å². The normalized spacial score (nSPS) is 10.4. The Hall–Kier alpha value is -3.28. The van der Waals surface area contributed by atoms with E-state index in [0.717, 1.165) is 0 Å². The van der Waals surface area contributed by atoms with Gasteiger partial charge < -0.3 is 5.32 Å². The molecule has 1 heterocycles. The standard InChI is InChI=1S/C18H14FN3O2/c1-11(23)13-3-2-4-15(9-13)20-18(24)17-10-16(21-22-17)12-5-7-14(19)8-6-12/h2-10H,1H3,(H,20,24)(H,21,22). The number of amides is 1. The molecule has 3 aromatic rings. The van der Waals surface area contributed by atoms with E-state index in [-0.39, 0.29) is 23.2 Å². The lowest BCUT2D eigenvalue weighted by atomic mass is 10.1. The van der Waals surface area contributed by atoms with Gasteiger partial charge in [0, 0.05) is 16.8 Å². The number of carbonyl (C=O) groups excluding carboxylic acids is 2. The van der Waals surface area contributed by atoms with E-state index < -0.39 is 0 Å². The Kier molecular flexibility index (Phi) is 4.20. The maximum atomic E-state index is 13.0. The van der Waals surface area contributed by atoms with Gasteiger partial charge in [0.05, 0.1) is 5.69 Å². The van der Waals surface area contributed by atoms with Crippen molar-refractivity contribution in [1.29, 1.82) is 0 Å². The Bertz CT molecular complexity index is 901. The molecule has 3 rings (SSSR count). The van der Waals surface area contributed by atoms with Crippen molar-refractivity contribution in [2.75, 3.05) is 5.32 Å². The second kappa shape index (κ2) is 6.45. The first kappa shape index (κ1) is 15.6. The molecule has 0 fully saturated rings. The molecule has 1 amide bonds. The molecule has 5 nitrogen and oxygen atoms in total. The molecule has 120 valence electrons. The highest BCUT2D eigenvalue weighted by atomic mass is 19.1. The van der Waals surface area contributed by atoms with Crippen molar-refractivity contribution in [1.82, 2.24) is 10.2 Å². The highest BCUT2D eigenvalue weighted by Crippen LogP contribution is 2.19. The molecule has 2 aromatic carbocycles. The molecule has 0 saturated carbocycles. The van der Waals surface area contributed by atoms with Gasteiger partial charge in [-0.15, -0.1) is 0 Å². The number of hydrogen-bond donors (Lipinski definition) is 2. The Balaban J connectivity index is 1.77. The van der Waals surface area contributed by atoms with E-state index in [9.17, 15) is 14.0 Å². The Morgan fingerprint density at radius 1 is 1.08 bits per heavy atom. The summed E-state index contributed by atoms with van der Waals surface area (Å²) in [7, 11) is 0. The lowest BCUT2D eigenvalue weighted by Crippen LogP contribution is -2.12. The molecule has 0 atom stereocenters. The average Bonchev–Trinajstić information content (AvgIpc) is 3.06. The minimum atomic E-state index is -0.378. The van der Waals surface area contributed by atoms with Crippen LogP contribution in [0.25, 0.3) is 11.3 Å². The number of carbonyl (C=O) groups is 2. The van der Waals surface area contributed by atoms with Crippen LogP contribution >= 0.6 is 0 Å². The van der Waals surface area contributed by atoms with Crippen molar-refractivity contribution >= 4 is 17.4 Å². The molecule has 0 aliphatic rings. The quantitative estimate of drug-likeness (QED) is 0.719. The average molecular weight is 323 g/mol. The van der Waals surface area contributed by atoms with Gasteiger partial charge in [-0.3, -0.25) is 14.7 Å². The Morgan fingerprint density at radius 3 is 2.54 bits per heavy atom. The van der Waals surface area contributed by atoms with Crippen LogP contribution in [-0.4, -0.2) is 21.9 Å². The van der Waals surface area contributed by atoms with Crippen molar-refractivity contribution in [3.05, 3.63) is 71.7 Å². The summed E-state index contributed by atoms with van der Waals surface area (Å²) in [6.45, 7) is 1.46. The third-order valence-electron chi connectivity index (χ3n) is 3.49. The minimum Gasteiger partial charge on any atom is -0.321 e. The Morgan fingerprint density at radius 2 is 1.83 bits per heavy atom. The van der Waals surface area contributed by atoms with Gasteiger partial charge >= 0.3 is 0 Å². The number of Topliss-reactive ketones (excluding diaryl/α,β-unsaturated/α-hetero) is 1. The molecule has 1 aromatic heterocycles. The van der Waals surface area contributed by atoms with E-state index in [4.69, 9.17) is 0 Å². The number of nitrogens with one attached hydrogen (secondary N) is 2. The smallest absolute Gasteiger partial charge is 0.273 e. The highest BCUT2D eigenvalue weighted by Gasteiger charge is 2.12. The minimum absolute atomic E-state index is 0.0776. The summed E-state index contributed by atoms with van der Waals surface area (Å²) in [5, 5.41) is 9.42. The summed E-state index contributed by atoms with van der Waals surface area (Å²) in [5.74, 6) is -0.791. The van der Waals surface area contributed by atoms with E-state index in [1.807, 2.05) is 0 Å². The van der Waals surface area contributed by atoms with Gasteiger partial charge in [-0.25, -0.2) is 4.39 Å². The first-order valence-electron chi connectivity index (χ1n) is 7.26. The second-order valence-electron chi connectivity index (χ2n) is 5.26. The number of aromatic amines is 1. The van der Waals surface area contributed by atoms with Gasteiger partial charge in [-0.05, 0) is 49.4 Å². The van der Waals surface area contributed by atoms with Gasteiger partial charge in [0.15, 0.2) is 5.78 Å².